The molecule has 1 heterocycles. The van der Waals surface area contributed by atoms with E-state index in [1.165, 1.54) is 6.42 Å². The molecule has 1 aromatic carbocycles. The van der Waals surface area contributed by atoms with Gasteiger partial charge in [-0.05, 0) is 25.8 Å². The highest BCUT2D eigenvalue weighted by Gasteiger charge is 2.21. The molecule has 1 aliphatic rings. The number of aromatic hydroxyl groups is 1. The van der Waals surface area contributed by atoms with Crippen LogP contribution in [0.15, 0.2) is 18.2 Å². The van der Waals surface area contributed by atoms with Crippen molar-refractivity contribution in [3.63, 3.8) is 0 Å². The molecule has 2 atom stereocenters. The number of phenolic OH excluding ortho intramolecular Hbond substituents is 1. The molecule has 4 heteroatoms. The average molecular weight is 264 g/mol. The quantitative estimate of drug-likeness (QED) is 0.782. The molecule has 0 saturated carbocycles. The van der Waals surface area contributed by atoms with E-state index in [9.17, 15) is 10.2 Å². The molecule has 0 radical (unpaired) electrons. The highest BCUT2D eigenvalue weighted by Crippen LogP contribution is 2.31. The van der Waals surface area contributed by atoms with Crippen molar-refractivity contribution in [1.82, 2.24) is 0 Å². The summed E-state index contributed by atoms with van der Waals surface area (Å²) in [5.41, 5.74) is 7.55. The van der Waals surface area contributed by atoms with E-state index in [1.807, 2.05) is 19.1 Å². The number of aliphatic hydroxyl groups excluding tert-OH is 1. The van der Waals surface area contributed by atoms with Crippen LogP contribution in [0.4, 0.5) is 5.69 Å². The predicted octanol–water partition coefficient (Wildman–Crippen LogP) is 2.15. The van der Waals surface area contributed by atoms with Crippen molar-refractivity contribution in [3.05, 3.63) is 23.8 Å². The lowest BCUT2D eigenvalue weighted by Gasteiger charge is -2.31. The maximum Gasteiger partial charge on any atom is 0.122 e. The molecular weight excluding hydrogens is 240 g/mol. The van der Waals surface area contributed by atoms with Crippen molar-refractivity contribution < 1.29 is 10.2 Å². The van der Waals surface area contributed by atoms with Crippen LogP contribution in [-0.4, -0.2) is 29.4 Å². The molecule has 2 unspecified atom stereocenters. The molecule has 4 nitrogen and oxygen atoms in total. The standard InChI is InChI=1S/C15H24N2O2/c1-11(16)14-7-6-12(9-15(14)19)17-8-4-2-3-5-13(17)10-18/h6-7,9,11,13,18-19H,2-5,8,10,16H2,1H3. The number of hydrogen-bond acceptors (Lipinski definition) is 4. The third-order valence-electron chi connectivity index (χ3n) is 3.92. The number of nitrogens with two attached hydrogens (primary N) is 1. The highest BCUT2D eigenvalue weighted by molar-refractivity contribution is 5.54. The Bertz CT molecular complexity index is 421. The van der Waals surface area contributed by atoms with Gasteiger partial charge < -0.3 is 20.8 Å². The molecule has 4 N–H and O–H groups in total. The van der Waals surface area contributed by atoms with Crippen LogP contribution in [0, 0.1) is 0 Å². The first kappa shape index (κ1) is 14.2. The number of nitrogens with zero attached hydrogens (tertiary/aromatic N) is 1. The zero-order valence-electron chi connectivity index (χ0n) is 11.5. The van der Waals surface area contributed by atoms with Gasteiger partial charge in [-0.1, -0.05) is 18.9 Å². The third-order valence-corrected chi connectivity index (χ3v) is 3.92. The van der Waals surface area contributed by atoms with Gasteiger partial charge in [0.05, 0.1) is 12.6 Å². The summed E-state index contributed by atoms with van der Waals surface area (Å²) in [5.74, 6) is 0.244. The van der Waals surface area contributed by atoms with E-state index in [-0.39, 0.29) is 24.4 Å². The van der Waals surface area contributed by atoms with Gasteiger partial charge in [-0.3, -0.25) is 0 Å². The van der Waals surface area contributed by atoms with E-state index in [2.05, 4.69) is 4.90 Å². The number of phenols is 1. The second kappa shape index (κ2) is 6.26. The van der Waals surface area contributed by atoms with E-state index >= 15 is 0 Å². The van der Waals surface area contributed by atoms with Gasteiger partial charge in [-0.25, -0.2) is 0 Å². The van der Waals surface area contributed by atoms with Crippen molar-refractivity contribution in [2.24, 2.45) is 5.73 Å². The highest BCUT2D eigenvalue weighted by atomic mass is 16.3. The van der Waals surface area contributed by atoms with Crippen molar-refractivity contribution in [1.29, 1.82) is 0 Å². The topological polar surface area (TPSA) is 69.7 Å². The second-order valence-corrected chi connectivity index (χ2v) is 5.41. The normalized spacial score (nSPS) is 22.1. The minimum absolute atomic E-state index is 0.156. The first-order valence-corrected chi connectivity index (χ1v) is 7.09. The minimum Gasteiger partial charge on any atom is -0.508 e. The lowest BCUT2D eigenvalue weighted by molar-refractivity contribution is 0.255. The molecule has 19 heavy (non-hydrogen) atoms. The molecule has 0 bridgehead atoms. The summed E-state index contributed by atoms with van der Waals surface area (Å²) in [6.45, 7) is 2.95. The Labute approximate surface area is 114 Å². The van der Waals surface area contributed by atoms with E-state index in [4.69, 9.17) is 5.73 Å². The first-order valence-electron chi connectivity index (χ1n) is 7.09. The smallest absolute Gasteiger partial charge is 0.122 e. The molecule has 0 aliphatic carbocycles. The summed E-state index contributed by atoms with van der Waals surface area (Å²) in [4.78, 5) is 2.21. The fourth-order valence-corrected chi connectivity index (χ4v) is 2.80. The van der Waals surface area contributed by atoms with Crippen LogP contribution in [0.3, 0.4) is 0 Å². The van der Waals surface area contributed by atoms with Gasteiger partial charge in [-0.15, -0.1) is 0 Å². The second-order valence-electron chi connectivity index (χ2n) is 5.41. The van der Waals surface area contributed by atoms with Crippen LogP contribution >= 0.6 is 0 Å². The maximum atomic E-state index is 10.1. The fourth-order valence-electron chi connectivity index (χ4n) is 2.80. The molecule has 106 valence electrons. The lowest BCUT2D eigenvalue weighted by atomic mass is 10.1. The van der Waals surface area contributed by atoms with Crippen LogP contribution in [0.1, 0.15) is 44.2 Å². The zero-order valence-corrected chi connectivity index (χ0v) is 11.5. The van der Waals surface area contributed by atoms with Gasteiger partial charge in [0, 0.05) is 29.9 Å². The van der Waals surface area contributed by atoms with Crippen molar-refractivity contribution in [2.45, 2.75) is 44.7 Å². The van der Waals surface area contributed by atoms with Crippen LogP contribution in [0.2, 0.25) is 0 Å². The molecule has 0 aromatic heterocycles. The summed E-state index contributed by atoms with van der Waals surface area (Å²) < 4.78 is 0. The van der Waals surface area contributed by atoms with Crippen molar-refractivity contribution in [2.75, 3.05) is 18.1 Å². The molecular formula is C15H24N2O2. The molecule has 1 saturated heterocycles. The summed E-state index contributed by atoms with van der Waals surface area (Å²) in [6, 6.07) is 5.63. The number of anilines is 1. The van der Waals surface area contributed by atoms with Gasteiger partial charge in [0.15, 0.2) is 0 Å². The van der Waals surface area contributed by atoms with Crippen molar-refractivity contribution >= 4 is 5.69 Å². The molecule has 0 spiro atoms. The fraction of sp³-hybridized carbons (Fsp3) is 0.600. The molecule has 1 aromatic rings. The SMILES string of the molecule is CC(N)c1ccc(N2CCCCCC2CO)cc1O. The zero-order chi connectivity index (χ0) is 13.8. The van der Waals surface area contributed by atoms with Crippen LogP contribution < -0.4 is 10.6 Å². The van der Waals surface area contributed by atoms with Gasteiger partial charge in [0.25, 0.3) is 0 Å². The lowest BCUT2D eigenvalue weighted by Crippen LogP contribution is -2.37. The van der Waals surface area contributed by atoms with Crippen LogP contribution in [-0.2, 0) is 0 Å². The summed E-state index contributed by atoms with van der Waals surface area (Å²) in [6.07, 6.45) is 4.50. The maximum absolute atomic E-state index is 10.1. The molecule has 2 rings (SSSR count). The average Bonchev–Trinajstić information content (AvgIpc) is 2.63. The first-order chi connectivity index (χ1) is 9.13. The van der Waals surface area contributed by atoms with Gasteiger partial charge in [0.2, 0.25) is 0 Å². The van der Waals surface area contributed by atoms with Crippen LogP contribution in [0.5, 0.6) is 5.75 Å². The predicted molar refractivity (Wildman–Crippen MR) is 77.4 cm³/mol. The molecule has 1 aliphatic heterocycles. The molecule has 1 fully saturated rings. The number of hydrogen-bond donors (Lipinski definition) is 3. The van der Waals surface area contributed by atoms with Crippen LogP contribution in [0.25, 0.3) is 0 Å². The van der Waals surface area contributed by atoms with E-state index < -0.39 is 0 Å². The van der Waals surface area contributed by atoms with Crippen molar-refractivity contribution in [3.8, 4) is 5.75 Å². The Hall–Kier alpha value is -1.26. The summed E-state index contributed by atoms with van der Waals surface area (Å²) in [7, 11) is 0. The monoisotopic (exact) mass is 264 g/mol. The van der Waals surface area contributed by atoms with E-state index in [0.717, 1.165) is 37.1 Å². The van der Waals surface area contributed by atoms with Gasteiger partial charge in [0.1, 0.15) is 5.75 Å². The largest absolute Gasteiger partial charge is 0.508 e. The summed E-state index contributed by atoms with van der Waals surface area (Å²) >= 11 is 0. The van der Waals surface area contributed by atoms with E-state index in [1.54, 1.807) is 6.07 Å². The van der Waals surface area contributed by atoms with E-state index in [0.29, 0.717) is 0 Å². The Balaban J connectivity index is 2.26. The number of aliphatic hydroxyl groups is 1. The number of rotatable bonds is 3. The Morgan fingerprint density at radius 2 is 2.16 bits per heavy atom. The Kier molecular flexibility index (Phi) is 4.66. The van der Waals surface area contributed by atoms with Gasteiger partial charge in [-0.2, -0.15) is 0 Å². The molecule has 0 amide bonds. The Morgan fingerprint density at radius 3 is 2.79 bits per heavy atom. The minimum atomic E-state index is -0.174. The van der Waals surface area contributed by atoms with Gasteiger partial charge >= 0.3 is 0 Å². The summed E-state index contributed by atoms with van der Waals surface area (Å²) in [5, 5.41) is 19.6. The number of benzene rings is 1. The third kappa shape index (κ3) is 3.19. The Morgan fingerprint density at radius 1 is 1.37 bits per heavy atom.